The molecule has 1 aromatic heterocycles. The lowest BCUT2D eigenvalue weighted by atomic mass is 10.3. The van der Waals surface area contributed by atoms with Gasteiger partial charge in [-0.2, -0.15) is 4.98 Å². The van der Waals surface area contributed by atoms with Crippen LogP contribution in [0.25, 0.3) is 0 Å². The second-order valence-electron chi connectivity index (χ2n) is 4.17. The maximum absolute atomic E-state index is 13.1. The molecule has 0 saturated carbocycles. The number of aromatic nitrogens is 2. The van der Waals surface area contributed by atoms with Crippen LogP contribution in [-0.2, 0) is 0 Å². The Balaban J connectivity index is 2.36. The van der Waals surface area contributed by atoms with Crippen molar-refractivity contribution in [2.45, 2.75) is 13.8 Å². The first-order valence-electron chi connectivity index (χ1n) is 6.21. The number of ether oxygens (including phenoxy) is 1. The van der Waals surface area contributed by atoms with Gasteiger partial charge in [-0.3, -0.25) is 10.1 Å². The third-order valence-corrected chi connectivity index (χ3v) is 2.50. The standard InChI is InChI=1S/C13H13FN4O3/c1-3-15-13-16-8(2)6-12(17-13)21-11-5-4-9(14)7-10(11)18(19)20/h4-7H,3H2,1-2H3,(H,15,16,17). The lowest BCUT2D eigenvalue weighted by Gasteiger charge is -2.08. The van der Waals surface area contributed by atoms with E-state index in [1.54, 1.807) is 6.92 Å². The van der Waals surface area contributed by atoms with Crippen LogP contribution in [0.4, 0.5) is 16.0 Å². The fourth-order valence-corrected chi connectivity index (χ4v) is 1.66. The van der Waals surface area contributed by atoms with Gasteiger partial charge in [-0.15, -0.1) is 0 Å². The number of aryl methyl sites for hydroxylation is 1. The summed E-state index contributed by atoms with van der Waals surface area (Å²) in [4.78, 5) is 18.4. The topological polar surface area (TPSA) is 90.2 Å². The monoisotopic (exact) mass is 292 g/mol. The molecule has 7 nitrogen and oxygen atoms in total. The lowest BCUT2D eigenvalue weighted by molar-refractivity contribution is -0.385. The largest absolute Gasteiger partial charge is 0.432 e. The molecular weight excluding hydrogens is 279 g/mol. The van der Waals surface area contributed by atoms with Gasteiger partial charge in [0.25, 0.3) is 0 Å². The molecule has 0 radical (unpaired) electrons. The van der Waals surface area contributed by atoms with Crippen molar-refractivity contribution in [3.8, 4) is 11.6 Å². The molecule has 2 aromatic rings. The molecule has 0 spiro atoms. The smallest absolute Gasteiger partial charge is 0.314 e. The quantitative estimate of drug-likeness (QED) is 0.672. The summed E-state index contributed by atoms with van der Waals surface area (Å²) in [5.41, 5.74) is 0.178. The minimum Gasteiger partial charge on any atom is -0.432 e. The number of nitro benzene ring substituents is 1. The third-order valence-electron chi connectivity index (χ3n) is 2.50. The van der Waals surface area contributed by atoms with Crippen LogP contribution < -0.4 is 10.1 Å². The van der Waals surface area contributed by atoms with E-state index < -0.39 is 16.4 Å². The highest BCUT2D eigenvalue weighted by Crippen LogP contribution is 2.31. The average Bonchev–Trinajstić information content (AvgIpc) is 2.40. The number of nitro groups is 1. The average molecular weight is 292 g/mol. The van der Waals surface area contributed by atoms with Crippen LogP contribution in [-0.4, -0.2) is 21.4 Å². The van der Waals surface area contributed by atoms with Crippen LogP contribution in [0, 0.1) is 22.9 Å². The van der Waals surface area contributed by atoms with Crippen LogP contribution in [0.2, 0.25) is 0 Å². The van der Waals surface area contributed by atoms with Crippen LogP contribution in [0.5, 0.6) is 11.6 Å². The SMILES string of the molecule is CCNc1nc(C)cc(Oc2ccc(F)cc2[N+](=O)[O-])n1. The van der Waals surface area contributed by atoms with Gasteiger partial charge in [0.1, 0.15) is 5.82 Å². The van der Waals surface area contributed by atoms with Crippen molar-refractivity contribution < 1.29 is 14.1 Å². The minimum atomic E-state index is -0.711. The zero-order chi connectivity index (χ0) is 15.4. The van der Waals surface area contributed by atoms with E-state index in [0.717, 1.165) is 12.1 Å². The normalized spacial score (nSPS) is 10.2. The predicted octanol–water partition coefficient (Wildman–Crippen LogP) is 3.06. The van der Waals surface area contributed by atoms with Crippen molar-refractivity contribution in [1.29, 1.82) is 0 Å². The minimum absolute atomic E-state index is 0.0815. The number of rotatable bonds is 5. The Morgan fingerprint density at radius 3 is 2.81 bits per heavy atom. The molecule has 1 heterocycles. The molecular formula is C13H13FN4O3. The molecule has 110 valence electrons. The number of halogens is 1. The van der Waals surface area contributed by atoms with E-state index in [2.05, 4.69) is 15.3 Å². The first-order valence-corrected chi connectivity index (χ1v) is 6.21. The fraction of sp³-hybridized carbons (Fsp3) is 0.231. The van der Waals surface area contributed by atoms with Gasteiger partial charge in [-0.25, -0.2) is 9.37 Å². The Morgan fingerprint density at radius 2 is 2.14 bits per heavy atom. The van der Waals surface area contributed by atoms with E-state index in [-0.39, 0.29) is 11.6 Å². The van der Waals surface area contributed by atoms with E-state index in [1.165, 1.54) is 12.1 Å². The van der Waals surface area contributed by atoms with Gasteiger partial charge in [-0.1, -0.05) is 0 Å². The molecule has 0 aliphatic carbocycles. The zero-order valence-electron chi connectivity index (χ0n) is 11.5. The van der Waals surface area contributed by atoms with E-state index >= 15 is 0 Å². The number of nitrogens with one attached hydrogen (secondary N) is 1. The van der Waals surface area contributed by atoms with Gasteiger partial charge in [-0.05, 0) is 26.0 Å². The van der Waals surface area contributed by atoms with Gasteiger partial charge >= 0.3 is 5.69 Å². The van der Waals surface area contributed by atoms with Crippen LogP contribution in [0.3, 0.4) is 0 Å². The second kappa shape index (κ2) is 6.12. The molecule has 0 unspecified atom stereocenters. The van der Waals surface area contributed by atoms with E-state index in [0.29, 0.717) is 18.2 Å². The number of hydrogen-bond acceptors (Lipinski definition) is 6. The summed E-state index contributed by atoms with van der Waals surface area (Å²) < 4.78 is 18.5. The maximum Gasteiger partial charge on any atom is 0.314 e. The number of nitrogens with zero attached hydrogens (tertiary/aromatic N) is 3. The molecule has 8 heteroatoms. The number of hydrogen-bond donors (Lipinski definition) is 1. The Bertz CT molecular complexity index is 678. The number of anilines is 1. The molecule has 1 N–H and O–H groups in total. The molecule has 21 heavy (non-hydrogen) atoms. The fourth-order valence-electron chi connectivity index (χ4n) is 1.66. The first-order chi connectivity index (χ1) is 9.99. The van der Waals surface area contributed by atoms with Gasteiger partial charge < -0.3 is 10.1 Å². The molecule has 0 aliphatic rings. The Hall–Kier alpha value is -2.77. The van der Waals surface area contributed by atoms with Crippen LogP contribution >= 0.6 is 0 Å². The summed E-state index contributed by atoms with van der Waals surface area (Å²) in [6, 6.07) is 4.61. The second-order valence-corrected chi connectivity index (χ2v) is 4.17. The van der Waals surface area contributed by atoms with E-state index in [1.807, 2.05) is 6.92 Å². The van der Waals surface area contributed by atoms with Crippen molar-refractivity contribution in [2.75, 3.05) is 11.9 Å². The molecule has 0 amide bonds. The summed E-state index contributed by atoms with van der Waals surface area (Å²) in [6.07, 6.45) is 0. The molecule has 1 aromatic carbocycles. The Labute approximate surface area is 120 Å². The molecule has 0 atom stereocenters. The number of benzene rings is 1. The van der Waals surface area contributed by atoms with Crippen molar-refractivity contribution in [2.24, 2.45) is 0 Å². The highest BCUT2D eigenvalue weighted by molar-refractivity contribution is 5.48. The zero-order valence-corrected chi connectivity index (χ0v) is 11.5. The van der Waals surface area contributed by atoms with Crippen molar-refractivity contribution in [1.82, 2.24) is 9.97 Å². The molecule has 0 bridgehead atoms. The van der Waals surface area contributed by atoms with Gasteiger partial charge in [0, 0.05) is 18.3 Å². The highest BCUT2D eigenvalue weighted by atomic mass is 19.1. The summed E-state index contributed by atoms with van der Waals surface area (Å²) in [5, 5.41) is 13.8. The van der Waals surface area contributed by atoms with Crippen LogP contribution in [0.15, 0.2) is 24.3 Å². The Kier molecular flexibility index (Phi) is 4.27. The third kappa shape index (κ3) is 3.62. The molecule has 0 saturated heterocycles. The van der Waals surface area contributed by atoms with Crippen LogP contribution in [0.1, 0.15) is 12.6 Å². The predicted molar refractivity (Wildman–Crippen MR) is 74.1 cm³/mol. The summed E-state index contributed by atoms with van der Waals surface area (Å²) in [5.74, 6) is -0.284. The maximum atomic E-state index is 13.1. The Morgan fingerprint density at radius 1 is 1.38 bits per heavy atom. The molecule has 0 aliphatic heterocycles. The van der Waals surface area contributed by atoms with Crippen molar-refractivity contribution >= 4 is 11.6 Å². The van der Waals surface area contributed by atoms with E-state index in [4.69, 9.17) is 4.74 Å². The summed E-state index contributed by atoms with van der Waals surface area (Å²) >= 11 is 0. The van der Waals surface area contributed by atoms with Crippen molar-refractivity contribution in [3.05, 3.63) is 45.9 Å². The van der Waals surface area contributed by atoms with Gasteiger partial charge in [0.15, 0.2) is 0 Å². The van der Waals surface area contributed by atoms with Gasteiger partial charge in [0.2, 0.25) is 17.6 Å². The lowest BCUT2D eigenvalue weighted by Crippen LogP contribution is -2.04. The highest BCUT2D eigenvalue weighted by Gasteiger charge is 2.18. The van der Waals surface area contributed by atoms with Crippen molar-refractivity contribution in [3.63, 3.8) is 0 Å². The van der Waals surface area contributed by atoms with Gasteiger partial charge in [0.05, 0.1) is 11.0 Å². The van der Waals surface area contributed by atoms with E-state index in [9.17, 15) is 14.5 Å². The summed E-state index contributed by atoms with van der Waals surface area (Å²) in [7, 11) is 0. The molecule has 0 fully saturated rings. The molecule has 2 rings (SSSR count). The summed E-state index contributed by atoms with van der Waals surface area (Å²) in [6.45, 7) is 4.26. The first kappa shape index (κ1) is 14.6.